The van der Waals surface area contributed by atoms with Crippen LogP contribution in [0.4, 0.5) is 0 Å². The zero-order valence-corrected chi connectivity index (χ0v) is 15.1. The van der Waals surface area contributed by atoms with Gasteiger partial charge in [-0.3, -0.25) is 0 Å². The number of nitrogens with zero attached hydrogens (tertiary/aromatic N) is 1. The predicted octanol–water partition coefficient (Wildman–Crippen LogP) is 1.64. The lowest BCUT2D eigenvalue weighted by Crippen LogP contribution is -2.53. The highest BCUT2D eigenvalue weighted by atomic mass is 35.5. The molecular weight excluding hydrogens is 340 g/mol. The molecule has 0 radical (unpaired) electrons. The van der Waals surface area contributed by atoms with Crippen molar-refractivity contribution in [3.8, 4) is 0 Å². The van der Waals surface area contributed by atoms with Crippen LogP contribution in [0.2, 0.25) is 0 Å². The van der Waals surface area contributed by atoms with Crippen molar-refractivity contribution in [2.24, 2.45) is 11.1 Å². The maximum absolute atomic E-state index is 12.8. The van der Waals surface area contributed by atoms with Gasteiger partial charge in [0, 0.05) is 19.1 Å². The van der Waals surface area contributed by atoms with E-state index in [1.165, 1.54) is 29.6 Å². The number of nitrogens with two attached hydrogens (primary N) is 1. The van der Waals surface area contributed by atoms with Crippen LogP contribution in [-0.4, -0.2) is 44.9 Å². The lowest BCUT2D eigenvalue weighted by molar-refractivity contribution is 0.0600. The fourth-order valence-corrected chi connectivity index (χ4v) is 4.25. The molecule has 0 aliphatic carbocycles. The van der Waals surface area contributed by atoms with Gasteiger partial charge in [-0.1, -0.05) is 19.9 Å². The van der Waals surface area contributed by atoms with Crippen molar-refractivity contribution in [1.29, 1.82) is 0 Å². The van der Waals surface area contributed by atoms with E-state index in [1.807, 2.05) is 13.8 Å². The molecule has 1 aliphatic rings. The van der Waals surface area contributed by atoms with E-state index in [9.17, 15) is 13.2 Å². The van der Waals surface area contributed by atoms with E-state index in [1.54, 1.807) is 6.07 Å². The molecular formula is C15H23ClN2O4S. The molecule has 1 aliphatic heterocycles. The first-order valence-corrected chi connectivity index (χ1v) is 8.56. The Morgan fingerprint density at radius 3 is 2.61 bits per heavy atom. The second kappa shape index (κ2) is 7.17. The maximum Gasteiger partial charge on any atom is 0.337 e. The number of sulfonamides is 1. The number of piperidine rings is 1. The number of rotatable bonds is 3. The molecule has 1 heterocycles. The molecule has 0 bridgehead atoms. The molecule has 2 N–H and O–H groups in total. The summed E-state index contributed by atoms with van der Waals surface area (Å²) in [6.45, 7) is 4.67. The van der Waals surface area contributed by atoms with Gasteiger partial charge in [0.1, 0.15) is 0 Å². The standard InChI is InChI=1S/C15H22N2O4S.ClH/c1-15(2)10-17(8-7-13(15)16)22(19,20)12-6-4-5-11(9-12)14(18)21-3;/h4-6,9,13H,7-8,10,16H2,1-3H3;1H. The smallest absolute Gasteiger partial charge is 0.337 e. The third-order valence-electron chi connectivity index (χ3n) is 4.17. The van der Waals surface area contributed by atoms with E-state index in [4.69, 9.17) is 5.73 Å². The number of benzene rings is 1. The molecule has 0 spiro atoms. The fraction of sp³-hybridized carbons (Fsp3) is 0.533. The van der Waals surface area contributed by atoms with Crippen molar-refractivity contribution in [3.63, 3.8) is 0 Å². The van der Waals surface area contributed by atoms with E-state index in [-0.39, 0.29) is 34.3 Å². The zero-order chi connectivity index (χ0) is 16.5. The van der Waals surface area contributed by atoms with Crippen molar-refractivity contribution < 1.29 is 17.9 Å². The number of carbonyl (C=O) groups is 1. The van der Waals surface area contributed by atoms with Gasteiger partial charge in [-0.05, 0) is 30.0 Å². The van der Waals surface area contributed by atoms with Gasteiger partial charge in [0.2, 0.25) is 10.0 Å². The molecule has 1 atom stereocenters. The van der Waals surface area contributed by atoms with Crippen LogP contribution in [0, 0.1) is 5.41 Å². The van der Waals surface area contributed by atoms with Crippen LogP contribution < -0.4 is 5.73 Å². The van der Waals surface area contributed by atoms with Crippen molar-refractivity contribution in [3.05, 3.63) is 29.8 Å². The van der Waals surface area contributed by atoms with Crippen LogP contribution in [-0.2, 0) is 14.8 Å². The summed E-state index contributed by atoms with van der Waals surface area (Å²) in [5.74, 6) is -0.557. The molecule has 0 saturated carbocycles. The van der Waals surface area contributed by atoms with Gasteiger partial charge in [0.25, 0.3) is 0 Å². The van der Waals surface area contributed by atoms with E-state index >= 15 is 0 Å². The highest BCUT2D eigenvalue weighted by Crippen LogP contribution is 2.31. The van der Waals surface area contributed by atoms with E-state index in [2.05, 4.69) is 4.74 Å². The number of carbonyl (C=O) groups excluding carboxylic acids is 1. The average molecular weight is 363 g/mol. The second-order valence-corrected chi connectivity index (χ2v) is 8.18. The first-order chi connectivity index (χ1) is 10.2. The topological polar surface area (TPSA) is 89.7 Å². The zero-order valence-electron chi connectivity index (χ0n) is 13.5. The van der Waals surface area contributed by atoms with Crippen molar-refractivity contribution in [1.82, 2.24) is 4.31 Å². The average Bonchev–Trinajstić information content (AvgIpc) is 2.49. The van der Waals surface area contributed by atoms with Crippen LogP contribution in [0.25, 0.3) is 0 Å². The molecule has 1 fully saturated rings. The fourth-order valence-electron chi connectivity index (χ4n) is 2.58. The summed E-state index contributed by atoms with van der Waals surface area (Å²) in [7, 11) is -2.39. The SMILES string of the molecule is COC(=O)c1cccc(S(=O)(=O)N2CCC(N)C(C)(C)C2)c1.Cl. The Morgan fingerprint density at radius 2 is 2.04 bits per heavy atom. The molecule has 1 aromatic carbocycles. The molecule has 0 aromatic heterocycles. The number of ether oxygens (including phenoxy) is 1. The second-order valence-electron chi connectivity index (χ2n) is 6.24. The Bertz CT molecular complexity index is 676. The Balaban J connectivity index is 0.00000264. The van der Waals surface area contributed by atoms with Gasteiger partial charge in [-0.2, -0.15) is 4.31 Å². The summed E-state index contributed by atoms with van der Waals surface area (Å²) in [4.78, 5) is 11.7. The first kappa shape index (κ1) is 19.9. The number of methoxy groups -OCH3 is 1. The number of esters is 1. The Kier molecular flexibility index (Phi) is 6.20. The highest BCUT2D eigenvalue weighted by Gasteiger charge is 2.38. The van der Waals surface area contributed by atoms with Gasteiger partial charge >= 0.3 is 5.97 Å². The molecule has 1 unspecified atom stereocenters. The normalized spacial score (nSPS) is 21.3. The number of hydrogen-bond acceptors (Lipinski definition) is 5. The van der Waals surface area contributed by atoms with Gasteiger partial charge in [0.05, 0.1) is 17.6 Å². The lowest BCUT2D eigenvalue weighted by Gasteiger charge is -2.41. The molecule has 130 valence electrons. The monoisotopic (exact) mass is 362 g/mol. The molecule has 6 nitrogen and oxygen atoms in total. The third-order valence-corrected chi connectivity index (χ3v) is 6.01. The molecule has 2 rings (SSSR count). The summed E-state index contributed by atoms with van der Waals surface area (Å²) < 4.78 is 31.6. The van der Waals surface area contributed by atoms with Crippen LogP contribution in [0.3, 0.4) is 0 Å². The van der Waals surface area contributed by atoms with Crippen LogP contribution in [0.15, 0.2) is 29.2 Å². The largest absolute Gasteiger partial charge is 0.465 e. The number of halogens is 1. The van der Waals surface area contributed by atoms with Crippen molar-refractivity contribution in [2.45, 2.75) is 31.2 Å². The summed E-state index contributed by atoms with van der Waals surface area (Å²) in [6, 6.07) is 5.88. The summed E-state index contributed by atoms with van der Waals surface area (Å²) >= 11 is 0. The van der Waals surface area contributed by atoms with E-state index in [0.29, 0.717) is 19.5 Å². The van der Waals surface area contributed by atoms with Crippen LogP contribution >= 0.6 is 12.4 Å². The van der Waals surface area contributed by atoms with Gasteiger partial charge < -0.3 is 10.5 Å². The molecule has 8 heteroatoms. The third kappa shape index (κ3) is 4.03. The van der Waals surface area contributed by atoms with E-state index in [0.717, 1.165) is 0 Å². The quantitative estimate of drug-likeness (QED) is 0.825. The minimum Gasteiger partial charge on any atom is -0.465 e. The first-order valence-electron chi connectivity index (χ1n) is 7.12. The van der Waals surface area contributed by atoms with Gasteiger partial charge in [-0.15, -0.1) is 12.4 Å². The Labute approximate surface area is 143 Å². The van der Waals surface area contributed by atoms with Gasteiger partial charge in [-0.25, -0.2) is 13.2 Å². The Hall–Kier alpha value is -1.15. The molecule has 0 amide bonds. The molecule has 1 aromatic rings. The Morgan fingerprint density at radius 1 is 1.39 bits per heavy atom. The summed E-state index contributed by atoms with van der Waals surface area (Å²) in [5, 5.41) is 0. The summed E-state index contributed by atoms with van der Waals surface area (Å²) in [5.41, 5.74) is 5.99. The molecule has 23 heavy (non-hydrogen) atoms. The van der Waals surface area contributed by atoms with Crippen molar-refractivity contribution >= 4 is 28.4 Å². The minimum atomic E-state index is -3.65. The minimum absolute atomic E-state index is 0. The maximum atomic E-state index is 12.8. The van der Waals surface area contributed by atoms with Crippen molar-refractivity contribution in [2.75, 3.05) is 20.2 Å². The molecule has 1 saturated heterocycles. The summed E-state index contributed by atoms with van der Waals surface area (Å²) in [6.07, 6.45) is 0.614. The lowest BCUT2D eigenvalue weighted by atomic mass is 9.81. The number of hydrogen-bond donors (Lipinski definition) is 1. The predicted molar refractivity (Wildman–Crippen MR) is 90.2 cm³/mol. The van der Waals surface area contributed by atoms with E-state index < -0.39 is 16.0 Å². The van der Waals surface area contributed by atoms with Crippen LogP contribution in [0.1, 0.15) is 30.6 Å². The van der Waals surface area contributed by atoms with Gasteiger partial charge in [0.15, 0.2) is 0 Å². The highest BCUT2D eigenvalue weighted by molar-refractivity contribution is 7.89. The van der Waals surface area contributed by atoms with Crippen LogP contribution in [0.5, 0.6) is 0 Å².